The van der Waals surface area contributed by atoms with E-state index in [4.69, 9.17) is 6.42 Å². The van der Waals surface area contributed by atoms with Gasteiger partial charge in [-0.05, 0) is 4.99 Å². The number of amides is 3. The fourth-order valence-electron chi connectivity index (χ4n) is 2.04. The molecule has 0 spiro atoms. The minimum Gasteiger partial charge on any atom is -0.269 e. The van der Waals surface area contributed by atoms with E-state index in [1.807, 2.05) is 0 Å². The Labute approximate surface area is 105 Å². The lowest BCUT2D eigenvalue weighted by Gasteiger charge is -2.30. The van der Waals surface area contributed by atoms with Crippen molar-refractivity contribution >= 4 is 23.6 Å². The molecule has 6 nitrogen and oxygen atoms in total. The number of urea groups is 1. The summed E-state index contributed by atoms with van der Waals surface area (Å²) >= 11 is 0. The molecule has 0 radical (unpaired) electrons. The normalized spacial score (nSPS) is 22.9. The number of hydrogen-bond donors (Lipinski definition) is 0. The maximum Gasteiger partial charge on any atom is 0.374 e. The zero-order chi connectivity index (χ0) is 13.4. The Morgan fingerprint density at radius 2 is 2.17 bits per heavy atom. The first-order valence-corrected chi connectivity index (χ1v) is 5.37. The number of fused-ring (bicyclic) bond motifs is 1. The Bertz CT molecular complexity index is 553. The van der Waals surface area contributed by atoms with E-state index >= 15 is 0 Å². The van der Waals surface area contributed by atoms with Crippen LogP contribution in [0.4, 0.5) is 4.79 Å². The summed E-state index contributed by atoms with van der Waals surface area (Å²) in [6.07, 6.45) is 7.01. The van der Waals surface area contributed by atoms with Gasteiger partial charge in [0, 0.05) is 20.0 Å². The third kappa shape index (κ3) is 1.44. The second-order valence-corrected chi connectivity index (χ2v) is 4.02. The highest BCUT2D eigenvalue weighted by Gasteiger charge is 2.52. The molecule has 2 aliphatic rings. The Kier molecular flexibility index (Phi) is 2.75. The van der Waals surface area contributed by atoms with Gasteiger partial charge in [0.2, 0.25) is 0 Å². The minimum absolute atomic E-state index is 0.330. The first-order valence-electron chi connectivity index (χ1n) is 5.37. The van der Waals surface area contributed by atoms with Crippen LogP contribution in [-0.2, 0) is 4.79 Å². The van der Waals surface area contributed by atoms with Gasteiger partial charge in [0.25, 0.3) is 17.8 Å². The van der Waals surface area contributed by atoms with E-state index in [1.54, 1.807) is 17.7 Å². The fraction of sp³-hybridized carbons (Fsp3) is 0.333. The lowest BCUT2D eigenvalue weighted by atomic mass is 10.1. The Balaban J connectivity index is 2.52. The van der Waals surface area contributed by atoms with Crippen molar-refractivity contribution in [3.63, 3.8) is 0 Å². The van der Waals surface area contributed by atoms with E-state index in [0.29, 0.717) is 18.2 Å². The molecule has 18 heavy (non-hydrogen) atoms. The van der Waals surface area contributed by atoms with Gasteiger partial charge in [0.05, 0.1) is 0 Å². The van der Waals surface area contributed by atoms with Gasteiger partial charge < -0.3 is 0 Å². The van der Waals surface area contributed by atoms with Crippen LogP contribution in [0.2, 0.25) is 0 Å². The van der Waals surface area contributed by atoms with E-state index < -0.39 is 12.1 Å². The molecule has 0 aliphatic carbocycles. The third-order valence-corrected chi connectivity index (χ3v) is 2.99. The van der Waals surface area contributed by atoms with Gasteiger partial charge in [-0.2, -0.15) is 0 Å². The zero-order valence-corrected chi connectivity index (χ0v) is 10.3. The predicted octanol–water partition coefficient (Wildman–Crippen LogP) is -0.479. The summed E-state index contributed by atoms with van der Waals surface area (Å²) in [5, 5.41) is 0. The Hall–Kier alpha value is -2.42. The summed E-state index contributed by atoms with van der Waals surface area (Å²) in [6, 6.07) is -1.05. The number of rotatable bonds is 2. The molecule has 6 heteroatoms. The van der Waals surface area contributed by atoms with Crippen LogP contribution in [0.15, 0.2) is 17.6 Å². The molecule has 1 fully saturated rings. The number of carbonyl (C=O) groups excluding carboxylic acids is 2. The van der Waals surface area contributed by atoms with Crippen molar-refractivity contribution in [3.8, 4) is 12.3 Å². The fourth-order valence-corrected chi connectivity index (χ4v) is 2.04. The van der Waals surface area contributed by atoms with Crippen molar-refractivity contribution in [1.29, 1.82) is 0 Å². The molecule has 2 rings (SSSR count). The quantitative estimate of drug-likeness (QED) is 0.375. The van der Waals surface area contributed by atoms with Crippen LogP contribution < -0.4 is 0 Å². The van der Waals surface area contributed by atoms with Gasteiger partial charge in [-0.1, -0.05) is 12.7 Å². The summed E-state index contributed by atoms with van der Waals surface area (Å²) in [6.45, 7) is 4.03. The molecule has 92 valence electrons. The molecule has 1 saturated heterocycles. The second kappa shape index (κ2) is 4.11. The maximum absolute atomic E-state index is 12.1. The first kappa shape index (κ1) is 12.0. The Morgan fingerprint density at radius 3 is 2.72 bits per heavy atom. The summed E-state index contributed by atoms with van der Waals surface area (Å²) in [5.74, 6) is 2.81. The summed E-state index contributed by atoms with van der Waals surface area (Å²) < 4.78 is 1.66. The monoisotopic (exact) mass is 245 g/mol. The first-order chi connectivity index (χ1) is 8.52. The number of hydrogen-bond acceptors (Lipinski definition) is 3. The molecule has 0 aromatic rings. The van der Waals surface area contributed by atoms with Crippen molar-refractivity contribution < 1.29 is 14.2 Å². The highest BCUT2D eigenvalue weighted by Crippen LogP contribution is 2.18. The second-order valence-electron chi connectivity index (χ2n) is 4.02. The molecule has 2 aliphatic heterocycles. The largest absolute Gasteiger partial charge is 0.374 e. The number of carbonyl (C=O) groups is 2. The van der Waals surface area contributed by atoms with Gasteiger partial charge >= 0.3 is 11.9 Å². The van der Waals surface area contributed by atoms with E-state index in [9.17, 15) is 9.59 Å². The van der Waals surface area contributed by atoms with E-state index in [-0.39, 0.29) is 5.91 Å². The maximum atomic E-state index is 12.1. The molecule has 0 N–H and O–H groups in total. The van der Waals surface area contributed by atoms with Crippen LogP contribution >= 0.6 is 0 Å². The van der Waals surface area contributed by atoms with Crippen LogP contribution in [0.25, 0.3) is 0 Å². The van der Waals surface area contributed by atoms with E-state index in [2.05, 4.69) is 17.5 Å². The lowest BCUT2D eigenvalue weighted by Crippen LogP contribution is -2.61. The number of likely N-dealkylation sites (N-methyl/N-ethyl adjacent to an activating group) is 2. The smallest absolute Gasteiger partial charge is 0.269 e. The Morgan fingerprint density at radius 1 is 1.50 bits per heavy atom. The minimum atomic E-state index is -0.637. The van der Waals surface area contributed by atoms with Gasteiger partial charge in [0.15, 0.2) is 0 Å². The highest BCUT2D eigenvalue weighted by molar-refractivity contribution is 6.24. The number of amidine groups is 2. The molecule has 3 amide bonds. The average Bonchev–Trinajstić information content (AvgIpc) is 2.73. The molecule has 0 saturated carbocycles. The molecular weight excluding hydrogens is 232 g/mol. The number of imide groups is 1. The van der Waals surface area contributed by atoms with Crippen molar-refractivity contribution in [2.24, 2.45) is 4.99 Å². The van der Waals surface area contributed by atoms with Crippen LogP contribution in [-0.4, -0.2) is 64.7 Å². The number of nitrogens with zero attached hydrogens (tertiary/aromatic N) is 4. The molecule has 0 bridgehead atoms. The summed E-state index contributed by atoms with van der Waals surface area (Å²) in [7, 11) is 3.01. The lowest BCUT2D eigenvalue weighted by molar-refractivity contribution is -0.524. The van der Waals surface area contributed by atoms with Crippen LogP contribution in [0.1, 0.15) is 0 Å². The van der Waals surface area contributed by atoms with E-state index in [0.717, 1.165) is 4.90 Å². The van der Waals surface area contributed by atoms with Crippen molar-refractivity contribution in [1.82, 2.24) is 9.80 Å². The SMILES string of the molecule is C#CC1=[N+](CC=C)C2C(=O)N(C)C(=O)N(C)C2=N1. The van der Waals surface area contributed by atoms with Gasteiger partial charge in [0.1, 0.15) is 6.54 Å². The van der Waals surface area contributed by atoms with Crippen molar-refractivity contribution in [2.45, 2.75) is 6.04 Å². The van der Waals surface area contributed by atoms with Crippen LogP contribution in [0.3, 0.4) is 0 Å². The number of terminal acetylenes is 1. The third-order valence-electron chi connectivity index (χ3n) is 2.99. The summed E-state index contributed by atoms with van der Waals surface area (Å²) in [5.41, 5.74) is 0. The van der Waals surface area contributed by atoms with Crippen molar-refractivity contribution in [2.75, 3.05) is 20.6 Å². The van der Waals surface area contributed by atoms with Crippen LogP contribution in [0.5, 0.6) is 0 Å². The number of aliphatic imine (C=N–C) groups is 1. The molecule has 1 atom stereocenters. The summed E-state index contributed by atoms with van der Waals surface area (Å²) in [4.78, 5) is 30.5. The average molecular weight is 245 g/mol. The standard InChI is InChI=1S/C12H13N4O2/c1-5-7-16-8(6-2)13-10-9(16)11(17)15(4)12(18)14(10)3/h2,5,9H,1,7H2,3-4H3/q+1. The van der Waals surface area contributed by atoms with Crippen molar-refractivity contribution in [3.05, 3.63) is 12.7 Å². The highest BCUT2D eigenvalue weighted by atomic mass is 16.2. The molecular formula is C12H13N4O2+. The topological polar surface area (TPSA) is 56.0 Å². The van der Waals surface area contributed by atoms with Crippen LogP contribution in [0, 0.1) is 12.3 Å². The molecule has 1 unspecified atom stereocenters. The predicted molar refractivity (Wildman–Crippen MR) is 66.3 cm³/mol. The molecule has 0 aromatic carbocycles. The zero-order valence-electron chi connectivity index (χ0n) is 10.3. The van der Waals surface area contributed by atoms with Gasteiger partial charge in [-0.3, -0.25) is 14.6 Å². The van der Waals surface area contributed by atoms with E-state index in [1.165, 1.54) is 11.9 Å². The molecule has 2 heterocycles. The van der Waals surface area contributed by atoms with Gasteiger partial charge in [-0.15, -0.1) is 6.42 Å². The molecule has 0 aromatic heterocycles. The van der Waals surface area contributed by atoms with Gasteiger partial charge in [-0.25, -0.2) is 9.37 Å².